The molecule has 0 atom stereocenters. The molecular weight excluding hydrogens is 539 g/mol. The quantitative estimate of drug-likeness (QED) is 0.328. The molecule has 1 aromatic heterocycles. The summed E-state index contributed by atoms with van der Waals surface area (Å²) in [5.74, 6) is -1.46. The SMILES string of the molecule is CNCCN(C)c1cc(F)ccc1Nc1cc(F)c(S(=O)(=O)Nc2ncc(Cl)s2)cc1Cl.Cl. The van der Waals surface area contributed by atoms with E-state index < -0.39 is 26.6 Å². The van der Waals surface area contributed by atoms with Crippen LogP contribution in [-0.2, 0) is 10.0 Å². The number of rotatable bonds is 9. The van der Waals surface area contributed by atoms with Crippen molar-refractivity contribution in [3.63, 3.8) is 0 Å². The van der Waals surface area contributed by atoms with Crippen LogP contribution in [0.15, 0.2) is 41.4 Å². The van der Waals surface area contributed by atoms with Gasteiger partial charge >= 0.3 is 0 Å². The molecular formula is C19H20Cl3F2N5O2S2. The van der Waals surface area contributed by atoms with Crippen LogP contribution in [0.3, 0.4) is 0 Å². The Morgan fingerprint density at radius 1 is 1.15 bits per heavy atom. The summed E-state index contributed by atoms with van der Waals surface area (Å²) in [5.41, 5.74) is 1.11. The van der Waals surface area contributed by atoms with Crippen molar-refractivity contribution in [2.75, 3.05) is 42.1 Å². The van der Waals surface area contributed by atoms with Gasteiger partial charge in [-0.15, -0.1) is 12.4 Å². The highest BCUT2D eigenvalue weighted by atomic mass is 35.5. The van der Waals surface area contributed by atoms with Crippen molar-refractivity contribution in [2.24, 2.45) is 0 Å². The lowest BCUT2D eigenvalue weighted by Crippen LogP contribution is -2.27. The summed E-state index contributed by atoms with van der Waals surface area (Å²) in [5, 5.41) is 5.91. The van der Waals surface area contributed by atoms with Gasteiger partial charge in [-0.05, 0) is 31.3 Å². The van der Waals surface area contributed by atoms with E-state index >= 15 is 0 Å². The van der Waals surface area contributed by atoms with Gasteiger partial charge in [0.1, 0.15) is 20.9 Å². The molecule has 0 unspecified atom stereocenters. The molecule has 0 spiro atoms. The van der Waals surface area contributed by atoms with E-state index in [1.807, 2.05) is 4.90 Å². The molecule has 180 valence electrons. The van der Waals surface area contributed by atoms with Crippen molar-refractivity contribution in [1.82, 2.24) is 10.3 Å². The number of thiazole rings is 1. The Bertz CT molecular complexity index is 1230. The summed E-state index contributed by atoms with van der Waals surface area (Å²) in [6.45, 7) is 1.24. The Balaban J connectivity index is 0.00000385. The van der Waals surface area contributed by atoms with E-state index in [1.165, 1.54) is 24.4 Å². The second-order valence-electron chi connectivity index (χ2n) is 6.65. The third kappa shape index (κ3) is 6.81. The van der Waals surface area contributed by atoms with Gasteiger partial charge in [0.15, 0.2) is 5.13 Å². The average Bonchev–Trinajstić information content (AvgIpc) is 3.13. The van der Waals surface area contributed by atoms with Crippen molar-refractivity contribution in [1.29, 1.82) is 0 Å². The number of aromatic nitrogens is 1. The summed E-state index contributed by atoms with van der Waals surface area (Å²) in [6, 6.07) is 6.04. The minimum Gasteiger partial charge on any atom is -0.372 e. The van der Waals surface area contributed by atoms with Gasteiger partial charge in [0.2, 0.25) is 0 Å². The number of anilines is 4. The second-order valence-corrected chi connectivity index (χ2v) is 10.4. The fourth-order valence-corrected chi connectivity index (χ4v) is 5.19. The Kier molecular flexibility index (Phi) is 9.53. The first-order valence-electron chi connectivity index (χ1n) is 9.16. The third-order valence-electron chi connectivity index (χ3n) is 4.35. The number of benzene rings is 2. The number of nitrogens with one attached hydrogen (secondary N) is 3. The number of halogens is 5. The smallest absolute Gasteiger partial charge is 0.266 e. The Labute approximate surface area is 210 Å². The number of sulfonamides is 1. The van der Waals surface area contributed by atoms with E-state index in [0.717, 1.165) is 23.5 Å². The van der Waals surface area contributed by atoms with E-state index in [-0.39, 0.29) is 32.6 Å². The summed E-state index contributed by atoms with van der Waals surface area (Å²) in [7, 11) is -0.709. The molecule has 0 saturated carbocycles. The normalized spacial score (nSPS) is 11.1. The molecule has 2 aromatic carbocycles. The van der Waals surface area contributed by atoms with Gasteiger partial charge in [0.25, 0.3) is 10.0 Å². The standard InChI is InChI=1S/C19H19Cl2F2N5O2S2.ClH/c1-24-5-6-28(2)16-7-11(22)3-4-14(16)26-15-9-13(23)17(8-12(15)20)32(29,30)27-19-25-10-18(21)31-19;/h3-4,7-10,24,26H,5-6H2,1-2H3,(H,25,27);1H. The van der Waals surface area contributed by atoms with Crippen LogP contribution in [0.5, 0.6) is 0 Å². The lowest BCUT2D eigenvalue weighted by Gasteiger charge is -2.23. The average molecular weight is 559 g/mol. The summed E-state index contributed by atoms with van der Waals surface area (Å²) in [4.78, 5) is 4.96. The van der Waals surface area contributed by atoms with Gasteiger partial charge in [-0.2, -0.15) is 0 Å². The monoisotopic (exact) mass is 557 g/mol. The van der Waals surface area contributed by atoms with E-state index in [2.05, 4.69) is 20.3 Å². The first-order chi connectivity index (χ1) is 15.1. The zero-order valence-corrected chi connectivity index (χ0v) is 21.3. The molecule has 3 aromatic rings. The summed E-state index contributed by atoms with van der Waals surface area (Å²) in [6.07, 6.45) is 1.27. The molecule has 0 fully saturated rings. The van der Waals surface area contributed by atoms with E-state index in [0.29, 0.717) is 24.5 Å². The third-order valence-corrected chi connectivity index (χ3v) is 7.17. The molecule has 0 bridgehead atoms. The Morgan fingerprint density at radius 2 is 1.88 bits per heavy atom. The van der Waals surface area contributed by atoms with Gasteiger partial charge < -0.3 is 15.5 Å². The maximum absolute atomic E-state index is 14.8. The van der Waals surface area contributed by atoms with Crippen molar-refractivity contribution in [2.45, 2.75) is 4.90 Å². The lowest BCUT2D eigenvalue weighted by atomic mass is 10.2. The number of likely N-dealkylation sites (N-methyl/N-ethyl adjacent to an activating group) is 2. The highest BCUT2D eigenvalue weighted by Gasteiger charge is 2.23. The minimum atomic E-state index is -4.29. The minimum absolute atomic E-state index is 0. The van der Waals surface area contributed by atoms with Gasteiger partial charge in [-0.25, -0.2) is 22.2 Å². The molecule has 1 heterocycles. The molecule has 0 aliphatic rings. The van der Waals surface area contributed by atoms with Crippen molar-refractivity contribution < 1.29 is 17.2 Å². The van der Waals surface area contributed by atoms with E-state index in [9.17, 15) is 17.2 Å². The molecule has 33 heavy (non-hydrogen) atoms. The lowest BCUT2D eigenvalue weighted by molar-refractivity contribution is 0.570. The predicted molar refractivity (Wildman–Crippen MR) is 133 cm³/mol. The summed E-state index contributed by atoms with van der Waals surface area (Å²) >= 11 is 12.9. The van der Waals surface area contributed by atoms with Gasteiger partial charge in [0, 0.05) is 26.2 Å². The van der Waals surface area contributed by atoms with Crippen LogP contribution in [0, 0.1) is 11.6 Å². The van der Waals surface area contributed by atoms with Crippen LogP contribution in [0.2, 0.25) is 9.36 Å². The van der Waals surface area contributed by atoms with Crippen LogP contribution < -0.4 is 20.3 Å². The predicted octanol–water partition coefficient (Wildman–Crippen LogP) is 5.35. The van der Waals surface area contributed by atoms with Gasteiger partial charge in [-0.3, -0.25) is 4.72 Å². The van der Waals surface area contributed by atoms with Crippen molar-refractivity contribution in [3.05, 3.63) is 57.5 Å². The zero-order valence-electron chi connectivity index (χ0n) is 17.3. The zero-order chi connectivity index (χ0) is 23.5. The molecule has 0 saturated heterocycles. The molecule has 0 aliphatic carbocycles. The second kappa shape index (κ2) is 11.5. The van der Waals surface area contributed by atoms with E-state index in [1.54, 1.807) is 14.1 Å². The number of hydrogen-bond acceptors (Lipinski definition) is 7. The Morgan fingerprint density at radius 3 is 2.52 bits per heavy atom. The number of nitrogens with zero attached hydrogens (tertiary/aromatic N) is 2. The fraction of sp³-hybridized carbons (Fsp3) is 0.211. The number of hydrogen-bond donors (Lipinski definition) is 3. The largest absolute Gasteiger partial charge is 0.372 e. The molecule has 3 N–H and O–H groups in total. The van der Waals surface area contributed by atoms with Gasteiger partial charge in [-0.1, -0.05) is 34.5 Å². The van der Waals surface area contributed by atoms with Gasteiger partial charge in [0.05, 0.1) is 28.3 Å². The Hall–Kier alpha value is -1.89. The first-order valence-corrected chi connectivity index (χ1v) is 12.2. The molecule has 0 aliphatic heterocycles. The molecule has 14 heteroatoms. The maximum Gasteiger partial charge on any atom is 0.266 e. The van der Waals surface area contributed by atoms with Crippen molar-refractivity contribution >= 4 is 79.2 Å². The van der Waals surface area contributed by atoms with Crippen LogP contribution in [0.1, 0.15) is 0 Å². The topological polar surface area (TPSA) is 86.4 Å². The van der Waals surface area contributed by atoms with Crippen LogP contribution in [-0.4, -0.2) is 40.6 Å². The first kappa shape index (κ1) is 27.4. The summed E-state index contributed by atoms with van der Waals surface area (Å²) < 4.78 is 56.2. The van der Waals surface area contributed by atoms with Crippen LogP contribution in [0.25, 0.3) is 0 Å². The van der Waals surface area contributed by atoms with Crippen LogP contribution in [0.4, 0.5) is 31.0 Å². The van der Waals surface area contributed by atoms with Crippen LogP contribution >= 0.6 is 46.9 Å². The molecule has 7 nitrogen and oxygen atoms in total. The maximum atomic E-state index is 14.8. The molecule has 0 radical (unpaired) electrons. The van der Waals surface area contributed by atoms with E-state index in [4.69, 9.17) is 23.2 Å². The highest BCUT2D eigenvalue weighted by molar-refractivity contribution is 7.93. The van der Waals surface area contributed by atoms with Crippen molar-refractivity contribution in [3.8, 4) is 0 Å². The highest BCUT2D eigenvalue weighted by Crippen LogP contribution is 2.35. The fourth-order valence-electron chi connectivity index (χ4n) is 2.77. The molecule has 0 amide bonds. The molecule has 3 rings (SSSR count).